The molecular formula is C12H13Cl2N2+. The molecular weight excluding hydrogens is 243 g/mol. The molecule has 3 rings (SSSR count). The first-order chi connectivity index (χ1) is 7.58. The number of nitrogens with zero attached hydrogens (tertiary/aromatic N) is 1. The van der Waals surface area contributed by atoms with Crippen molar-refractivity contribution in [2.75, 3.05) is 0 Å². The van der Waals surface area contributed by atoms with Gasteiger partial charge in [0, 0.05) is 12.8 Å². The number of alkyl halides is 2. The van der Waals surface area contributed by atoms with Crippen molar-refractivity contribution < 1.29 is 4.57 Å². The molecule has 16 heavy (non-hydrogen) atoms. The lowest BCUT2D eigenvalue weighted by atomic mass is 10.3. The van der Waals surface area contributed by atoms with Gasteiger partial charge < -0.3 is 0 Å². The number of hydrogen-bond acceptors (Lipinski definition) is 0. The number of aromatic amines is 1. The number of aryl methyl sites for hydroxylation is 1. The number of fused-ring (bicyclic) bond motifs is 1. The van der Waals surface area contributed by atoms with Gasteiger partial charge in [0.15, 0.2) is 11.0 Å². The van der Waals surface area contributed by atoms with Crippen molar-refractivity contribution in [3.63, 3.8) is 0 Å². The van der Waals surface area contributed by atoms with Crippen LogP contribution in [0.3, 0.4) is 0 Å². The topological polar surface area (TPSA) is 19.7 Å². The van der Waals surface area contributed by atoms with Crippen molar-refractivity contribution in [2.24, 2.45) is 5.92 Å². The maximum absolute atomic E-state index is 6.07. The number of aromatic nitrogens is 2. The van der Waals surface area contributed by atoms with Crippen molar-refractivity contribution in [1.82, 2.24) is 4.98 Å². The average molecular weight is 256 g/mol. The van der Waals surface area contributed by atoms with Gasteiger partial charge in [-0.1, -0.05) is 12.1 Å². The van der Waals surface area contributed by atoms with Crippen molar-refractivity contribution in [2.45, 2.75) is 24.2 Å². The van der Waals surface area contributed by atoms with E-state index in [0.29, 0.717) is 5.92 Å². The highest BCUT2D eigenvalue weighted by molar-refractivity contribution is 6.50. The van der Waals surface area contributed by atoms with Gasteiger partial charge in [-0.3, -0.25) is 0 Å². The lowest BCUT2D eigenvalue weighted by Crippen LogP contribution is -2.37. The molecule has 0 amide bonds. The second kappa shape index (κ2) is 3.38. The molecule has 1 N–H and O–H groups in total. The van der Waals surface area contributed by atoms with Crippen LogP contribution in [0.25, 0.3) is 11.0 Å². The lowest BCUT2D eigenvalue weighted by Gasteiger charge is -1.99. The van der Waals surface area contributed by atoms with Crippen molar-refractivity contribution >= 4 is 34.2 Å². The molecule has 1 aromatic heterocycles. The number of H-pyrrole nitrogens is 1. The van der Waals surface area contributed by atoms with Gasteiger partial charge in [-0.15, -0.1) is 23.2 Å². The Bertz CT molecular complexity index is 545. The minimum atomic E-state index is -0.502. The van der Waals surface area contributed by atoms with Gasteiger partial charge in [-0.25, -0.2) is 9.55 Å². The predicted octanol–water partition coefficient (Wildman–Crippen LogP) is 2.96. The van der Waals surface area contributed by atoms with Crippen LogP contribution < -0.4 is 4.57 Å². The summed E-state index contributed by atoms with van der Waals surface area (Å²) in [7, 11) is 0. The molecule has 84 valence electrons. The summed E-state index contributed by atoms with van der Waals surface area (Å²) in [6.45, 7) is 2.97. The van der Waals surface area contributed by atoms with Crippen molar-refractivity contribution in [1.29, 1.82) is 0 Å². The van der Waals surface area contributed by atoms with Gasteiger partial charge in [0.1, 0.15) is 4.33 Å². The summed E-state index contributed by atoms with van der Waals surface area (Å²) in [6.07, 6.45) is 0.891. The number of hydrogen-bond donors (Lipinski definition) is 1. The molecule has 0 spiro atoms. The van der Waals surface area contributed by atoms with Crippen molar-refractivity contribution in [3.8, 4) is 0 Å². The summed E-state index contributed by atoms with van der Waals surface area (Å²) in [5, 5.41) is 0. The zero-order valence-corrected chi connectivity index (χ0v) is 10.5. The fourth-order valence-corrected chi connectivity index (χ4v) is 2.69. The lowest BCUT2D eigenvalue weighted by molar-refractivity contribution is -0.680. The van der Waals surface area contributed by atoms with E-state index in [2.05, 4.69) is 28.6 Å². The van der Waals surface area contributed by atoms with E-state index in [1.807, 2.05) is 12.1 Å². The molecule has 0 saturated heterocycles. The maximum atomic E-state index is 6.07. The Labute approximate surface area is 104 Å². The Kier molecular flexibility index (Phi) is 2.20. The molecule has 1 unspecified atom stereocenters. The smallest absolute Gasteiger partial charge is 0.241 e. The SMILES string of the molecule is Cc1[nH]c2ccccc2[n+]1CC1CC1(Cl)Cl. The Morgan fingerprint density at radius 1 is 1.44 bits per heavy atom. The van der Waals surface area contributed by atoms with E-state index >= 15 is 0 Å². The molecule has 1 fully saturated rings. The summed E-state index contributed by atoms with van der Waals surface area (Å²) in [4.78, 5) is 3.36. The fraction of sp³-hybridized carbons (Fsp3) is 0.417. The largest absolute Gasteiger partial charge is 0.251 e. The van der Waals surface area contributed by atoms with Gasteiger partial charge in [0.25, 0.3) is 5.82 Å². The third-order valence-electron chi connectivity index (χ3n) is 3.27. The Balaban J connectivity index is 2.00. The van der Waals surface area contributed by atoms with Crippen LogP contribution in [-0.2, 0) is 6.54 Å². The third-order valence-corrected chi connectivity index (χ3v) is 4.20. The zero-order chi connectivity index (χ0) is 11.3. The van der Waals surface area contributed by atoms with E-state index < -0.39 is 4.33 Å². The maximum Gasteiger partial charge on any atom is 0.251 e. The van der Waals surface area contributed by atoms with Gasteiger partial charge in [-0.2, -0.15) is 0 Å². The second-order valence-corrected chi connectivity index (χ2v) is 6.04. The Morgan fingerprint density at radius 3 is 2.81 bits per heavy atom. The summed E-state index contributed by atoms with van der Waals surface area (Å²) < 4.78 is 1.75. The zero-order valence-electron chi connectivity index (χ0n) is 9.00. The average Bonchev–Trinajstić information content (AvgIpc) is 2.69. The van der Waals surface area contributed by atoms with Gasteiger partial charge in [0.05, 0.1) is 6.54 Å². The molecule has 1 aromatic carbocycles. The molecule has 0 bridgehead atoms. The standard InChI is InChI=1S/C12H12Cl2N2/c1-8-15-10-4-2-3-5-11(10)16(8)7-9-6-12(9,13)14/h2-5,9H,6-7H2,1H3/p+1. The molecule has 1 aliphatic rings. The van der Waals surface area contributed by atoms with Crippen LogP contribution in [0.1, 0.15) is 12.2 Å². The number of nitrogens with one attached hydrogen (secondary N) is 1. The van der Waals surface area contributed by atoms with Gasteiger partial charge >= 0.3 is 0 Å². The van der Waals surface area contributed by atoms with Gasteiger partial charge in [-0.05, 0) is 18.6 Å². The molecule has 1 atom stereocenters. The summed E-state index contributed by atoms with van der Waals surface area (Å²) in [6, 6.07) is 8.28. The number of halogens is 2. The first-order valence-corrected chi connectivity index (χ1v) is 6.18. The number of rotatable bonds is 2. The first kappa shape index (κ1) is 10.4. The molecule has 2 nitrogen and oxygen atoms in total. The van der Waals surface area contributed by atoms with E-state index in [1.54, 1.807) is 0 Å². The summed E-state index contributed by atoms with van der Waals surface area (Å²) >= 11 is 12.1. The van der Waals surface area contributed by atoms with E-state index in [1.165, 1.54) is 5.52 Å². The van der Waals surface area contributed by atoms with E-state index in [0.717, 1.165) is 24.3 Å². The van der Waals surface area contributed by atoms with Gasteiger partial charge in [0.2, 0.25) is 0 Å². The van der Waals surface area contributed by atoms with Crippen molar-refractivity contribution in [3.05, 3.63) is 30.1 Å². The van der Waals surface area contributed by atoms with Crippen LogP contribution in [-0.4, -0.2) is 9.32 Å². The minimum Gasteiger partial charge on any atom is -0.241 e. The third kappa shape index (κ3) is 1.61. The molecule has 4 heteroatoms. The predicted molar refractivity (Wildman–Crippen MR) is 65.8 cm³/mol. The van der Waals surface area contributed by atoms with Crippen LogP contribution in [0.15, 0.2) is 24.3 Å². The number of benzene rings is 1. The molecule has 2 aromatic rings. The highest BCUT2D eigenvalue weighted by Crippen LogP contribution is 2.53. The Morgan fingerprint density at radius 2 is 2.12 bits per heavy atom. The molecule has 1 heterocycles. The van der Waals surface area contributed by atoms with Crippen LogP contribution in [0.4, 0.5) is 0 Å². The molecule has 1 aliphatic carbocycles. The highest BCUT2D eigenvalue weighted by Gasteiger charge is 2.53. The summed E-state index contributed by atoms with van der Waals surface area (Å²) in [5.41, 5.74) is 2.38. The summed E-state index contributed by atoms with van der Waals surface area (Å²) in [5.74, 6) is 1.52. The number of imidazole rings is 1. The van der Waals surface area contributed by atoms with E-state index in [4.69, 9.17) is 23.2 Å². The normalized spacial score (nSPS) is 22.6. The van der Waals surface area contributed by atoms with Crippen LogP contribution >= 0.6 is 23.2 Å². The van der Waals surface area contributed by atoms with Crippen LogP contribution in [0.2, 0.25) is 0 Å². The second-order valence-electron chi connectivity index (χ2n) is 4.50. The van der Waals surface area contributed by atoms with E-state index in [9.17, 15) is 0 Å². The highest BCUT2D eigenvalue weighted by atomic mass is 35.5. The minimum absolute atomic E-state index is 0.374. The number of para-hydroxylation sites is 2. The van der Waals surface area contributed by atoms with Crippen LogP contribution in [0, 0.1) is 12.8 Å². The fourth-order valence-electron chi connectivity index (χ4n) is 2.18. The first-order valence-electron chi connectivity index (χ1n) is 5.43. The Hall–Kier alpha value is -0.730. The molecule has 0 aliphatic heterocycles. The monoisotopic (exact) mass is 255 g/mol. The van der Waals surface area contributed by atoms with E-state index in [-0.39, 0.29) is 0 Å². The molecule has 0 radical (unpaired) electrons. The quantitative estimate of drug-likeness (QED) is 0.629. The molecule has 1 saturated carbocycles. The van der Waals surface area contributed by atoms with Crippen LogP contribution in [0.5, 0.6) is 0 Å².